The van der Waals surface area contributed by atoms with E-state index in [2.05, 4.69) is 9.71 Å². The summed E-state index contributed by atoms with van der Waals surface area (Å²) in [5.41, 5.74) is 3.83. The van der Waals surface area contributed by atoms with Gasteiger partial charge in [-0.1, -0.05) is 35.9 Å². The SMILES string of the molecule is Cc1ccc(NS(=O)(=O)/C(C#N)=C\c2c[nH]c3ccccc23)c(C)c1. The van der Waals surface area contributed by atoms with E-state index in [4.69, 9.17) is 0 Å². The number of nitrogens with one attached hydrogen (secondary N) is 2. The van der Waals surface area contributed by atoms with Crippen LogP contribution in [0, 0.1) is 25.2 Å². The zero-order chi connectivity index (χ0) is 18.0. The van der Waals surface area contributed by atoms with Crippen LogP contribution in [-0.4, -0.2) is 13.4 Å². The van der Waals surface area contributed by atoms with E-state index in [1.165, 1.54) is 6.08 Å². The molecule has 1 heterocycles. The van der Waals surface area contributed by atoms with E-state index in [-0.39, 0.29) is 4.91 Å². The lowest BCUT2D eigenvalue weighted by molar-refractivity contribution is 0.608. The summed E-state index contributed by atoms with van der Waals surface area (Å²) < 4.78 is 27.7. The Labute approximate surface area is 146 Å². The van der Waals surface area contributed by atoms with Crippen molar-refractivity contribution in [2.45, 2.75) is 13.8 Å². The minimum absolute atomic E-state index is 0.336. The average molecular weight is 351 g/mol. The Morgan fingerprint density at radius 2 is 1.96 bits per heavy atom. The fourth-order valence-electron chi connectivity index (χ4n) is 2.65. The Kier molecular flexibility index (Phi) is 4.34. The minimum atomic E-state index is -3.97. The van der Waals surface area contributed by atoms with Gasteiger partial charge in [-0.05, 0) is 37.6 Å². The molecule has 0 amide bonds. The Bertz CT molecular complexity index is 1120. The summed E-state index contributed by atoms with van der Waals surface area (Å²) in [5.74, 6) is 0. The maximum absolute atomic E-state index is 12.6. The van der Waals surface area contributed by atoms with Gasteiger partial charge in [0.1, 0.15) is 6.07 Å². The van der Waals surface area contributed by atoms with Crippen LogP contribution >= 0.6 is 0 Å². The molecule has 0 saturated heterocycles. The van der Waals surface area contributed by atoms with Crippen LogP contribution in [-0.2, 0) is 10.0 Å². The van der Waals surface area contributed by atoms with E-state index in [0.29, 0.717) is 11.3 Å². The van der Waals surface area contributed by atoms with Crippen molar-refractivity contribution in [1.29, 1.82) is 5.26 Å². The molecule has 0 atom stereocenters. The van der Waals surface area contributed by atoms with Crippen molar-refractivity contribution in [2.75, 3.05) is 4.72 Å². The molecule has 0 spiro atoms. The first-order valence-corrected chi connectivity index (χ1v) is 9.17. The number of nitrogens with zero attached hydrogens (tertiary/aromatic N) is 1. The number of H-pyrrole nitrogens is 1. The zero-order valence-electron chi connectivity index (χ0n) is 13.9. The smallest absolute Gasteiger partial charge is 0.272 e. The van der Waals surface area contributed by atoms with E-state index >= 15 is 0 Å². The van der Waals surface area contributed by atoms with Gasteiger partial charge < -0.3 is 4.98 Å². The van der Waals surface area contributed by atoms with Crippen LogP contribution in [0.25, 0.3) is 17.0 Å². The van der Waals surface area contributed by atoms with Gasteiger partial charge in [0.2, 0.25) is 0 Å². The molecule has 0 aliphatic heterocycles. The molecular formula is C19H17N3O2S. The molecule has 0 unspecified atom stereocenters. The molecule has 2 aromatic carbocycles. The molecule has 6 heteroatoms. The van der Waals surface area contributed by atoms with Gasteiger partial charge in [-0.25, -0.2) is 8.42 Å². The molecule has 0 radical (unpaired) electrons. The number of anilines is 1. The van der Waals surface area contributed by atoms with Crippen LogP contribution in [0.3, 0.4) is 0 Å². The van der Waals surface area contributed by atoms with Crippen LogP contribution in [0.2, 0.25) is 0 Å². The zero-order valence-corrected chi connectivity index (χ0v) is 14.7. The molecule has 3 rings (SSSR count). The second kappa shape index (κ2) is 6.46. The van der Waals surface area contributed by atoms with Crippen molar-refractivity contribution in [1.82, 2.24) is 4.98 Å². The van der Waals surface area contributed by atoms with Crippen molar-refractivity contribution >= 4 is 32.7 Å². The quantitative estimate of drug-likeness (QED) is 0.694. The van der Waals surface area contributed by atoms with E-state index < -0.39 is 10.0 Å². The molecular weight excluding hydrogens is 334 g/mol. The highest BCUT2D eigenvalue weighted by Gasteiger charge is 2.19. The second-order valence-electron chi connectivity index (χ2n) is 5.83. The Hall–Kier alpha value is -3.04. The van der Waals surface area contributed by atoms with Crippen molar-refractivity contribution in [3.63, 3.8) is 0 Å². The number of hydrogen-bond acceptors (Lipinski definition) is 3. The number of rotatable bonds is 4. The molecule has 0 aliphatic rings. The number of aryl methyl sites for hydroxylation is 2. The number of hydrogen-bond donors (Lipinski definition) is 2. The van der Waals surface area contributed by atoms with Gasteiger partial charge in [0.25, 0.3) is 10.0 Å². The number of sulfonamides is 1. The molecule has 25 heavy (non-hydrogen) atoms. The standard InChI is InChI=1S/C19H17N3O2S/c1-13-7-8-18(14(2)9-13)22-25(23,24)16(11-20)10-15-12-21-19-6-4-3-5-17(15)19/h3-10,12,21-22H,1-2H3/b16-10-. The molecule has 2 N–H and O–H groups in total. The summed E-state index contributed by atoms with van der Waals surface area (Å²) in [6.07, 6.45) is 3.07. The predicted octanol–water partition coefficient (Wildman–Crippen LogP) is 4.09. The summed E-state index contributed by atoms with van der Waals surface area (Å²) in [6.45, 7) is 3.75. The Morgan fingerprint density at radius 1 is 1.20 bits per heavy atom. The summed E-state index contributed by atoms with van der Waals surface area (Å²) in [6, 6.07) is 14.7. The Morgan fingerprint density at radius 3 is 2.68 bits per heavy atom. The number of benzene rings is 2. The number of aromatic amines is 1. The van der Waals surface area contributed by atoms with E-state index in [9.17, 15) is 13.7 Å². The van der Waals surface area contributed by atoms with Crippen molar-refractivity contribution in [3.8, 4) is 6.07 Å². The normalized spacial score (nSPS) is 12.1. The van der Waals surface area contributed by atoms with Crippen molar-refractivity contribution in [3.05, 3.63) is 70.3 Å². The number of fused-ring (bicyclic) bond motifs is 1. The van der Waals surface area contributed by atoms with E-state index in [1.807, 2.05) is 50.2 Å². The fourth-order valence-corrected chi connectivity index (χ4v) is 3.68. The summed E-state index contributed by atoms with van der Waals surface area (Å²) in [5, 5.41) is 10.2. The highest BCUT2D eigenvalue weighted by atomic mass is 32.2. The molecule has 0 saturated carbocycles. The third-order valence-electron chi connectivity index (χ3n) is 3.93. The van der Waals surface area contributed by atoms with Gasteiger partial charge in [0.05, 0.1) is 5.69 Å². The molecule has 5 nitrogen and oxygen atoms in total. The third kappa shape index (κ3) is 3.42. The highest BCUT2D eigenvalue weighted by Crippen LogP contribution is 2.24. The lowest BCUT2D eigenvalue weighted by Crippen LogP contribution is -2.15. The lowest BCUT2D eigenvalue weighted by atomic mass is 10.1. The second-order valence-corrected chi connectivity index (χ2v) is 7.48. The molecule has 3 aromatic rings. The van der Waals surface area contributed by atoms with Crippen LogP contribution < -0.4 is 4.72 Å². The number of allylic oxidation sites excluding steroid dienone is 1. The van der Waals surface area contributed by atoms with Gasteiger partial charge >= 0.3 is 0 Å². The van der Waals surface area contributed by atoms with E-state index in [0.717, 1.165) is 22.0 Å². The van der Waals surface area contributed by atoms with Gasteiger partial charge in [-0.2, -0.15) is 5.26 Å². The molecule has 0 fully saturated rings. The monoisotopic (exact) mass is 351 g/mol. The van der Waals surface area contributed by atoms with Gasteiger partial charge in [0, 0.05) is 22.7 Å². The van der Waals surface area contributed by atoms with Gasteiger partial charge in [0.15, 0.2) is 4.91 Å². The van der Waals surface area contributed by atoms with Crippen LogP contribution in [0.15, 0.2) is 53.6 Å². The van der Waals surface area contributed by atoms with Gasteiger partial charge in [-0.15, -0.1) is 0 Å². The van der Waals surface area contributed by atoms with Crippen molar-refractivity contribution < 1.29 is 8.42 Å². The largest absolute Gasteiger partial charge is 0.361 e. The summed E-state index contributed by atoms with van der Waals surface area (Å²) in [4.78, 5) is 2.73. The van der Waals surface area contributed by atoms with Crippen LogP contribution in [0.5, 0.6) is 0 Å². The van der Waals surface area contributed by atoms with Crippen molar-refractivity contribution in [2.24, 2.45) is 0 Å². The van der Waals surface area contributed by atoms with Crippen LogP contribution in [0.1, 0.15) is 16.7 Å². The highest BCUT2D eigenvalue weighted by molar-refractivity contribution is 7.97. The van der Waals surface area contributed by atoms with Crippen LogP contribution in [0.4, 0.5) is 5.69 Å². The molecule has 1 aromatic heterocycles. The maximum Gasteiger partial charge on any atom is 0.272 e. The Balaban J connectivity index is 2.00. The van der Waals surface area contributed by atoms with Gasteiger partial charge in [-0.3, -0.25) is 4.72 Å². The summed E-state index contributed by atoms with van der Waals surface area (Å²) >= 11 is 0. The van der Waals surface area contributed by atoms with E-state index in [1.54, 1.807) is 18.3 Å². The number of nitriles is 1. The summed E-state index contributed by atoms with van der Waals surface area (Å²) in [7, 11) is -3.97. The third-order valence-corrected chi connectivity index (χ3v) is 5.21. The minimum Gasteiger partial charge on any atom is -0.361 e. The topological polar surface area (TPSA) is 85.8 Å². The molecule has 0 bridgehead atoms. The lowest BCUT2D eigenvalue weighted by Gasteiger charge is -2.10. The number of para-hydroxylation sites is 1. The average Bonchev–Trinajstić information content (AvgIpc) is 2.98. The maximum atomic E-state index is 12.6. The first-order valence-electron chi connectivity index (χ1n) is 7.69. The first kappa shape index (κ1) is 16.8. The fraction of sp³-hybridized carbons (Fsp3) is 0.105. The number of aromatic nitrogens is 1. The predicted molar refractivity (Wildman–Crippen MR) is 100 cm³/mol. The molecule has 0 aliphatic carbocycles. The molecule has 126 valence electrons. The first-order chi connectivity index (χ1) is 11.9.